The third kappa shape index (κ3) is 3.94. The average molecular weight is 337 g/mol. The predicted molar refractivity (Wildman–Crippen MR) is 87.5 cm³/mol. The maximum atomic E-state index is 11.8. The first-order chi connectivity index (χ1) is 11.5. The van der Waals surface area contributed by atoms with Gasteiger partial charge in [-0.25, -0.2) is 9.78 Å². The molecule has 24 heavy (non-hydrogen) atoms. The Labute approximate surface area is 140 Å². The van der Waals surface area contributed by atoms with E-state index in [9.17, 15) is 9.90 Å². The number of ether oxygens (including phenoxy) is 3. The van der Waals surface area contributed by atoms with Gasteiger partial charge in [-0.2, -0.15) is 0 Å². The summed E-state index contributed by atoms with van der Waals surface area (Å²) >= 11 is 0. The van der Waals surface area contributed by atoms with Gasteiger partial charge in [0.1, 0.15) is 6.61 Å². The van der Waals surface area contributed by atoms with Crippen molar-refractivity contribution in [2.24, 2.45) is 4.99 Å². The second-order valence-electron chi connectivity index (χ2n) is 5.58. The number of hydrogen-bond acceptors (Lipinski definition) is 8. The van der Waals surface area contributed by atoms with Crippen LogP contribution in [0.25, 0.3) is 0 Å². The Hall–Kier alpha value is -2.35. The molecule has 2 heterocycles. The number of esters is 1. The Morgan fingerprint density at radius 2 is 2.21 bits per heavy atom. The molecule has 0 fully saturated rings. The fraction of sp³-hybridized carbons (Fsp3) is 0.562. The molecule has 1 atom stereocenters. The van der Waals surface area contributed by atoms with Crippen molar-refractivity contribution in [1.29, 1.82) is 0 Å². The van der Waals surface area contributed by atoms with Crippen molar-refractivity contribution in [3.8, 4) is 11.5 Å². The molecule has 1 unspecified atom stereocenters. The van der Waals surface area contributed by atoms with Crippen LogP contribution in [0.1, 0.15) is 26.0 Å². The van der Waals surface area contributed by atoms with Crippen LogP contribution in [0.3, 0.4) is 0 Å². The van der Waals surface area contributed by atoms with E-state index in [4.69, 9.17) is 14.2 Å². The summed E-state index contributed by atoms with van der Waals surface area (Å²) in [7, 11) is 1.32. The fourth-order valence-electron chi connectivity index (χ4n) is 2.24. The molecular formula is C16H23N3O5. The molecule has 0 radical (unpaired) electrons. The maximum absolute atomic E-state index is 11.8. The molecule has 132 valence electrons. The molecule has 1 aliphatic rings. The smallest absolute Gasteiger partial charge is 0.333 e. The van der Waals surface area contributed by atoms with Crippen LogP contribution >= 0.6 is 0 Å². The molecule has 0 amide bonds. The molecule has 1 aliphatic heterocycles. The van der Waals surface area contributed by atoms with E-state index in [1.807, 2.05) is 6.92 Å². The van der Waals surface area contributed by atoms with Gasteiger partial charge in [-0.05, 0) is 13.3 Å². The van der Waals surface area contributed by atoms with Gasteiger partial charge in [0.2, 0.25) is 0 Å². The van der Waals surface area contributed by atoms with Gasteiger partial charge in [-0.3, -0.25) is 4.99 Å². The third-order valence-electron chi connectivity index (χ3n) is 3.53. The van der Waals surface area contributed by atoms with Gasteiger partial charge in [-0.15, -0.1) is 0 Å². The van der Waals surface area contributed by atoms with Gasteiger partial charge in [-0.1, -0.05) is 6.92 Å². The van der Waals surface area contributed by atoms with Crippen LogP contribution in [0.15, 0.2) is 17.3 Å². The van der Waals surface area contributed by atoms with Gasteiger partial charge < -0.3 is 24.6 Å². The zero-order valence-corrected chi connectivity index (χ0v) is 14.2. The highest BCUT2D eigenvalue weighted by molar-refractivity contribution is 6.04. The molecule has 0 bridgehead atoms. The van der Waals surface area contributed by atoms with Crippen LogP contribution in [0.2, 0.25) is 0 Å². The van der Waals surface area contributed by atoms with Crippen molar-refractivity contribution in [2.75, 3.05) is 33.5 Å². The van der Waals surface area contributed by atoms with Crippen molar-refractivity contribution in [2.45, 2.75) is 25.8 Å². The number of rotatable bonds is 8. The van der Waals surface area contributed by atoms with E-state index in [0.29, 0.717) is 25.7 Å². The lowest BCUT2D eigenvalue weighted by Crippen LogP contribution is -2.50. The lowest BCUT2D eigenvalue weighted by molar-refractivity contribution is -0.146. The molecule has 0 aliphatic carbocycles. The number of aromatic hydroxyl groups is 1. The van der Waals surface area contributed by atoms with E-state index >= 15 is 0 Å². The highest BCUT2D eigenvalue weighted by Gasteiger charge is 2.40. The van der Waals surface area contributed by atoms with Crippen molar-refractivity contribution < 1.29 is 24.1 Å². The molecule has 0 spiro atoms. The summed E-state index contributed by atoms with van der Waals surface area (Å²) in [6.45, 7) is 5.33. The van der Waals surface area contributed by atoms with Crippen molar-refractivity contribution in [3.05, 3.63) is 18.0 Å². The Morgan fingerprint density at radius 3 is 2.92 bits per heavy atom. The third-order valence-corrected chi connectivity index (χ3v) is 3.53. The first-order valence-electron chi connectivity index (χ1n) is 7.81. The monoisotopic (exact) mass is 337 g/mol. The van der Waals surface area contributed by atoms with E-state index < -0.39 is 11.5 Å². The molecule has 2 N–H and O–H groups in total. The van der Waals surface area contributed by atoms with Crippen LogP contribution in [0.4, 0.5) is 0 Å². The van der Waals surface area contributed by atoms with Gasteiger partial charge in [0.25, 0.3) is 0 Å². The Bertz CT molecular complexity index is 620. The van der Waals surface area contributed by atoms with E-state index in [1.54, 1.807) is 13.0 Å². The molecular weight excluding hydrogens is 314 g/mol. The summed E-state index contributed by atoms with van der Waals surface area (Å²) in [5.41, 5.74) is -0.738. The minimum absolute atomic E-state index is 0.131. The minimum atomic E-state index is -0.969. The van der Waals surface area contributed by atoms with Gasteiger partial charge in [0, 0.05) is 18.9 Å². The molecule has 1 aromatic rings. The summed E-state index contributed by atoms with van der Waals surface area (Å²) < 4.78 is 15.6. The molecule has 0 aromatic carbocycles. The zero-order valence-electron chi connectivity index (χ0n) is 14.2. The highest BCUT2D eigenvalue weighted by Crippen LogP contribution is 2.30. The summed E-state index contributed by atoms with van der Waals surface area (Å²) in [6.07, 6.45) is 2.45. The van der Waals surface area contributed by atoms with Crippen molar-refractivity contribution in [1.82, 2.24) is 10.3 Å². The number of carbonyl (C=O) groups is 1. The minimum Gasteiger partial charge on any atom is -0.503 e. The number of pyridine rings is 1. The van der Waals surface area contributed by atoms with Gasteiger partial charge >= 0.3 is 5.97 Å². The number of nitrogens with one attached hydrogen (secondary N) is 1. The van der Waals surface area contributed by atoms with Gasteiger partial charge in [0.15, 0.2) is 28.6 Å². The second-order valence-corrected chi connectivity index (χ2v) is 5.58. The van der Waals surface area contributed by atoms with Crippen molar-refractivity contribution >= 4 is 11.8 Å². The number of carbonyl (C=O) groups excluding carboxylic acids is 1. The SMILES string of the molecule is CCCOCCOc1ccnc(C2=NCC(C)(C(=O)OC)N2)c1O. The van der Waals surface area contributed by atoms with E-state index in [1.165, 1.54) is 13.3 Å². The first-order valence-corrected chi connectivity index (χ1v) is 7.81. The van der Waals surface area contributed by atoms with Crippen molar-refractivity contribution in [3.63, 3.8) is 0 Å². The number of hydrogen-bond donors (Lipinski definition) is 2. The van der Waals surface area contributed by atoms with Crippen LogP contribution in [0, 0.1) is 0 Å². The molecule has 0 saturated heterocycles. The number of amidine groups is 1. The molecule has 0 saturated carbocycles. The largest absolute Gasteiger partial charge is 0.503 e. The van der Waals surface area contributed by atoms with Crippen LogP contribution in [0.5, 0.6) is 11.5 Å². The zero-order chi connectivity index (χ0) is 17.6. The maximum Gasteiger partial charge on any atom is 0.333 e. The molecule has 2 rings (SSSR count). The van der Waals surface area contributed by atoms with E-state index in [0.717, 1.165) is 6.42 Å². The Balaban J connectivity index is 2.04. The normalized spacial score (nSPS) is 19.5. The first kappa shape index (κ1) is 18.0. The van der Waals surface area contributed by atoms with Crippen LogP contribution in [-0.2, 0) is 14.3 Å². The summed E-state index contributed by atoms with van der Waals surface area (Å²) in [5.74, 6) is 0.0546. The molecule has 1 aromatic heterocycles. The second kappa shape index (κ2) is 7.96. The molecule has 8 heteroatoms. The topological polar surface area (TPSA) is 102 Å². The Morgan fingerprint density at radius 1 is 1.42 bits per heavy atom. The van der Waals surface area contributed by atoms with E-state index in [2.05, 4.69) is 15.3 Å². The lowest BCUT2D eigenvalue weighted by atomic mass is 10.0. The predicted octanol–water partition coefficient (Wildman–Crippen LogP) is 0.874. The summed E-state index contributed by atoms with van der Waals surface area (Å²) in [6, 6.07) is 1.56. The number of nitrogens with zero attached hydrogens (tertiary/aromatic N) is 2. The number of aliphatic imine (C=N–C) groups is 1. The standard InChI is InChI=1S/C16H23N3O5/c1-4-7-23-8-9-24-11-5-6-17-12(13(11)20)14-18-10-16(2,19-14)15(21)22-3/h5-6,20H,4,7-10H2,1-3H3,(H,18,19). The average Bonchev–Trinajstić information content (AvgIpc) is 2.98. The fourth-order valence-corrected chi connectivity index (χ4v) is 2.24. The lowest BCUT2D eigenvalue weighted by Gasteiger charge is -2.21. The van der Waals surface area contributed by atoms with Crippen LogP contribution < -0.4 is 10.1 Å². The summed E-state index contributed by atoms with van der Waals surface area (Å²) in [4.78, 5) is 20.2. The van der Waals surface area contributed by atoms with E-state index in [-0.39, 0.29) is 23.7 Å². The molecule has 8 nitrogen and oxygen atoms in total. The Kier molecular flexibility index (Phi) is 5.97. The summed E-state index contributed by atoms with van der Waals surface area (Å²) in [5, 5.41) is 13.3. The number of methoxy groups -OCH3 is 1. The number of aromatic nitrogens is 1. The quantitative estimate of drug-likeness (QED) is 0.536. The van der Waals surface area contributed by atoms with Gasteiger partial charge in [0.05, 0.1) is 20.3 Å². The van der Waals surface area contributed by atoms with Crippen LogP contribution in [-0.4, -0.2) is 60.9 Å². The highest BCUT2D eigenvalue weighted by atomic mass is 16.5.